The fraction of sp³-hybridized carbons (Fsp3) is 0.385. The summed E-state index contributed by atoms with van der Waals surface area (Å²) in [5, 5.41) is 13.7. The summed E-state index contributed by atoms with van der Waals surface area (Å²) in [5.41, 5.74) is 1.79. The van der Waals surface area contributed by atoms with Crippen LogP contribution in [0.25, 0.3) is 22.0 Å². The summed E-state index contributed by atoms with van der Waals surface area (Å²) < 4.78 is 11.2. The van der Waals surface area contributed by atoms with Gasteiger partial charge >= 0.3 is 0 Å². The normalized spacial score (nSPS) is 18.3. The van der Waals surface area contributed by atoms with Gasteiger partial charge in [0, 0.05) is 54.5 Å². The van der Waals surface area contributed by atoms with E-state index in [1.54, 1.807) is 18.2 Å². The van der Waals surface area contributed by atoms with Gasteiger partial charge in [-0.05, 0) is 43.0 Å². The van der Waals surface area contributed by atoms with Crippen LogP contribution in [0, 0.1) is 0 Å². The van der Waals surface area contributed by atoms with Crippen molar-refractivity contribution in [3.8, 4) is 11.1 Å². The van der Waals surface area contributed by atoms with Crippen LogP contribution < -0.4 is 0 Å². The van der Waals surface area contributed by atoms with Crippen molar-refractivity contribution in [2.45, 2.75) is 31.0 Å². The largest absolute Gasteiger partial charge is 0.385 e. The van der Waals surface area contributed by atoms with Crippen molar-refractivity contribution < 1.29 is 19.4 Å². The first-order valence-corrected chi connectivity index (χ1v) is 11.6. The first-order chi connectivity index (χ1) is 16.1. The van der Waals surface area contributed by atoms with Crippen molar-refractivity contribution in [1.29, 1.82) is 0 Å². The van der Waals surface area contributed by atoms with E-state index in [9.17, 15) is 9.90 Å². The molecule has 1 unspecified atom stereocenters. The molecule has 0 spiro atoms. The van der Waals surface area contributed by atoms with Crippen LogP contribution in [0.2, 0.25) is 5.02 Å². The van der Waals surface area contributed by atoms with Gasteiger partial charge in [-0.25, -0.2) is 0 Å². The molecule has 1 N–H and O–H groups in total. The number of rotatable bonds is 9. The third kappa shape index (κ3) is 5.04. The zero-order chi connectivity index (χ0) is 23.3. The Balaban J connectivity index is 1.80. The molecule has 1 aromatic heterocycles. The predicted molar refractivity (Wildman–Crippen MR) is 129 cm³/mol. The first-order valence-electron chi connectivity index (χ1n) is 11.2. The van der Waals surface area contributed by atoms with E-state index < -0.39 is 11.7 Å². The monoisotopic (exact) mass is 468 g/mol. The van der Waals surface area contributed by atoms with Crippen molar-refractivity contribution in [2.75, 3.05) is 33.4 Å². The molecule has 174 valence electrons. The minimum absolute atomic E-state index is 0.312. The molecule has 0 aliphatic carbocycles. The average Bonchev–Trinajstić information content (AvgIpc) is 2.86. The first kappa shape index (κ1) is 23.6. The van der Waals surface area contributed by atoms with Crippen LogP contribution in [0.15, 0.2) is 54.7 Å². The Labute approximate surface area is 199 Å². The number of aliphatic hydroxyl groups is 1. The summed E-state index contributed by atoms with van der Waals surface area (Å²) in [7, 11) is 1.67. The van der Waals surface area contributed by atoms with Crippen LogP contribution >= 0.6 is 11.6 Å². The smallest absolute Gasteiger partial charge is 0.209 e. The minimum Gasteiger partial charge on any atom is -0.385 e. The number of nitrogens with zero attached hydrogens (tertiary/aromatic N) is 2. The lowest BCUT2D eigenvalue weighted by molar-refractivity contribution is -0.158. The Morgan fingerprint density at radius 2 is 2.12 bits per heavy atom. The van der Waals surface area contributed by atoms with Gasteiger partial charge in [0.25, 0.3) is 0 Å². The number of fused-ring (bicyclic) bond motifs is 1. The van der Waals surface area contributed by atoms with Crippen molar-refractivity contribution >= 4 is 28.9 Å². The average molecular weight is 469 g/mol. The second-order valence-electron chi connectivity index (χ2n) is 8.41. The number of methoxy groups -OCH3 is 1. The Hall–Kier alpha value is -2.51. The molecular formula is C26H29ClN2O4. The lowest BCUT2D eigenvalue weighted by Gasteiger charge is -2.42. The second-order valence-corrected chi connectivity index (χ2v) is 8.82. The fourth-order valence-corrected chi connectivity index (χ4v) is 4.83. The number of amides is 1. The molecule has 1 saturated heterocycles. The number of pyridine rings is 1. The third-order valence-electron chi connectivity index (χ3n) is 6.30. The molecule has 0 bridgehead atoms. The fourth-order valence-electron chi connectivity index (χ4n) is 4.55. The van der Waals surface area contributed by atoms with E-state index >= 15 is 0 Å². The molecule has 3 aromatic rings. The molecule has 0 saturated carbocycles. The van der Waals surface area contributed by atoms with Crippen molar-refractivity contribution in [1.82, 2.24) is 9.88 Å². The van der Waals surface area contributed by atoms with Crippen LogP contribution in [0.3, 0.4) is 0 Å². The molecule has 7 heteroatoms. The topological polar surface area (TPSA) is 71.9 Å². The highest BCUT2D eigenvalue weighted by molar-refractivity contribution is 6.33. The molecule has 33 heavy (non-hydrogen) atoms. The Morgan fingerprint density at radius 1 is 1.27 bits per heavy atom. The minimum atomic E-state index is -1.35. The van der Waals surface area contributed by atoms with Crippen molar-refractivity contribution in [3.05, 3.63) is 65.3 Å². The van der Waals surface area contributed by atoms with E-state index in [0.717, 1.165) is 41.3 Å². The maximum absolute atomic E-state index is 12.2. The number of benzene rings is 2. The molecule has 2 atom stereocenters. The summed E-state index contributed by atoms with van der Waals surface area (Å²) in [5.74, 6) is 0. The quantitative estimate of drug-likeness (QED) is 0.372. The standard InChI is InChI=1S/C26H29ClN2O4/c1-32-13-5-4-11-26(31,24-17-29(18-30)12-14-33-24)21-8-6-9-22(27)25(21)20-15-19-7-2-3-10-23(19)28-16-20/h2-3,6-10,15-16,18,24,31H,4-5,11-14,17H2,1H3/t24?,26-/m1/s1. The molecule has 2 heterocycles. The van der Waals surface area contributed by atoms with Gasteiger partial charge in [-0.1, -0.05) is 41.9 Å². The molecule has 4 rings (SSSR count). The van der Waals surface area contributed by atoms with E-state index in [1.807, 2.05) is 48.5 Å². The Kier molecular flexibility index (Phi) is 7.60. The van der Waals surface area contributed by atoms with Gasteiger partial charge in [0.15, 0.2) is 0 Å². The lowest BCUT2D eigenvalue weighted by Crippen LogP contribution is -2.52. The zero-order valence-corrected chi connectivity index (χ0v) is 19.5. The number of halogens is 1. The number of carbonyl (C=O) groups excluding carboxylic acids is 1. The van der Waals surface area contributed by atoms with E-state index in [-0.39, 0.29) is 0 Å². The summed E-state index contributed by atoms with van der Waals surface area (Å²) >= 11 is 6.73. The van der Waals surface area contributed by atoms with Crippen molar-refractivity contribution in [3.63, 3.8) is 0 Å². The van der Waals surface area contributed by atoms with Crippen LogP contribution in [-0.4, -0.2) is 60.9 Å². The van der Waals surface area contributed by atoms with E-state index in [0.29, 0.717) is 43.3 Å². The maximum atomic E-state index is 12.2. The van der Waals surface area contributed by atoms with Gasteiger partial charge in [0.05, 0.1) is 12.1 Å². The number of hydrogen-bond acceptors (Lipinski definition) is 5. The highest BCUT2D eigenvalue weighted by Gasteiger charge is 2.43. The second kappa shape index (κ2) is 10.6. The van der Waals surface area contributed by atoms with Crippen molar-refractivity contribution in [2.24, 2.45) is 0 Å². The molecule has 0 radical (unpaired) electrons. The van der Waals surface area contributed by atoms with Gasteiger partial charge in [0.2, 0.25) is 6.41 Å². The highest BCUT2D eigenvalue weighted by Crippen LogP contribution is 2.43. The number of unbranched alkanes of at least 4 members (excludes halogenated alkanes) is 1. The maximum Gasteiger partial charge on any atom is 0.209 e. The zero-order valence-electron chi connectivity index (χ0n) is 18.7. The van der Waals surface area contributed by atoms with Gasteiger partial charge < -0.3 is 19.5 Å². The summed E-state index contributed by atoms with van der Waals surface area (Å²) in [6.45, 7) is 1.80. The SMILES string of the molecule is COCCCC[C@@](O)(c1cccc(Cl)c1-c1cnc2ccccc2c1)C1CN(C=O)CCO1. The van der Waals surface area contributed by atoms with E-state index in [2.05, 4.69) is 4.98 Å². The summed E-state index contributed by atoms with van der Waals surface area (Å²) in [6, 6.07) is 15.5. The Bertz CT molecular complexity index is 1110. The van der Waals surface area contributed by atoms with Crippen LogP contribution in [-0.2, 0) is 19.9 Å². The summed E-state index contributed by atoms with van der Waals surface area (Å²) in [6.07, 6.45) is 4.00. The number of carbonyl (C=O) groups is 1. The molecule has 2 aromatic carbocycles. The molecule has 6 nitrogen and oxygen atoms in total. The van der Waals surface area contributed by atoms with Gasteiger partial charge in [-0.15, -0.1) is 0 Å². The molecular weight excluding hydrogens is 440 g/mol. The number of ether oxygens (including phenoxy) is 2. The number of aromatic nitrogens is 1. The molecule has 1 fully saturated rings. The lowest BCUT2D eigenvalue weighted by atomic mass is 9.79. The number of morpholine rings is 1. The van der Waals surface area contributed by atoms with Gasteiger partial charge in [-0.2, -0.15) is 0 Å². The highest BCUT2D eigenvalue weighted by atomic mass is 35.5. The van der Waals surface area contributed by atoms with Gasteiger partial charge in [0.1, 0.15) is 11.7 Å². The predicted octanol–water partition coefficient (Wildman–Crippen LogP) is 4.42. The van der Waals surface area contributed by atoms with Crippen LogP contribution in [0.5, 0.6) is 0 Å². The molecule has 1 aliphatic heterocycles. The van der Waals surface area contributed by atoms with E-state index in [1.165, 1.54) is 0 Å². The third-order valence-corrected chi connectivity index (χ3v) is 6.61. The number of para-hydroxylation sites is 1. The molecule has 1 amide bonds. The van der Waals surface area contributed by atoms with Gasteiger partial charge in [-0.3, -0.25) is 9.78 Å². The van der Waals surface area contributed by atoms with E-state index in [4.69, 9.17) is 21.1 Å². The number of hydrogen-bond donors (Lipinski definition) is 1. The molecule has 1 aliphatic rings. The Morgan fingerprint density at radius 3 is 2.94 bits per heavy atom. The van der Waals surface area contributed by atoms with Crippen LogP contribution in [0.4, 0.5) is 0 Å². The van der Waals surface area contributed by atoms with Crippen LogP contribution in [0.1, 0.15) is 24.8 Å². The summed E-state index contributed by atoms with van der Waals surface area (Å²) in [4.78, 5) is 17.7.